The Morgan fingerprint density at radius 3 is 2.00 bits per heavy atom. The Kier molecular flexibility index (Phi) is 3.37. The van der Waals surface area contributed by atoms with Crippen LogP contribution in [0.2, 0.25) is 10.0 Å². The fourth-order valence-electron chi connectivity index (χ4n) is 2.41. The lowest BCUT2D eigenvalue weighted by atomic mass is 9.84. The minimum absolute atomic E-state index is 0.0447. The molecule has 0 heterocycles. The molecule has 0 spiro atoms. The molecule has 0 atom stereocenters. The van der Waals surface area contributed by atoms with E-state index in [4.69, 9.17) is 23.2 Å². The van der Waals surface area contributed by atoms with Crippen LogP contribution in [0.4, 0.5) is 0 Å². The van der Waals surface area contributed by atoms with Gasteiger partial charge in [0.15, 0.2) is 11.6 Å². The monoisotopic (exact) mass is 356 g/mol. The summed E-state index contributed by atoms with van der Waals surface area (Å²) in [5, 5.41) is -0.739. The maximum absolute atomic E-state index is 12.6. The van der Waals surface area contributed by atoms with Crippen molar-refractivity contribution in [1.29, 1.82) is 0 Å². The summed E-state index contributed by atoms with van der Waals surface area (Å²) in [6.07, 6.45) is 0. The van der Waals surface area contributed by atoms with E-state index in [-0.39, 0.29) is 21.7 Å². The van der Waals surface area contributed by atoms with Crippen molar-refractivity contribution in [2.75, 3.05) is 0 Å². The number of ketones is 2. The third-order valence-electron chi connectivity index (χ3n) is 3.32. The Morgan fingerprint density at radius 2 is 1.45 bits per heavy atom. The molecule has 0 saturated carbocycles. The molecule has 1 aliphatic carbocycles. The molecule has 0 saturated heterocycles. The van der Waals surface area contributed by atoms with Crippen molar-refractivity contribution in [3.8, 4) is 0 Å². The maximum Gasteiger partial charge on any atom is 0.296 e. The largest absolute Gasteiger partial charge is 0.296 e. The predicted molar refractivity (Wildman–Crippen MR) is 79.6 cm³/mol. The molecule has 2 aromatic carbocycles. The highest BCUT2D eigenvalue weighted by atomic mass is 35.5. The second-order valence-electron chi connectivity index (χ2n) is 4.60. The number of hydrogen-bond donors (Lipinski definition) is 1. The summed E-state index contributed by atoms with van der Waals surface area (Å²) < 4.78 is 32.6. The summed E-state index contributed by atoms with van der Waals surface area (Å²) in [6, 6.07) is 7.10. The van der Waals surface area contributed by atoms with Gasteiger partial charge in [-0.05, 0) is 6.07 Å². The SMILES string of the molecule is O=C1c2ccccc2C(=O)c2c1cc(Cl)c(Cl)c2S(=O)(=O)O. The van der Waals surface area contributed by atoms with Gasteiger partial charge in [-0.25, -0.2) is 0 Å². The highest BCUT2D eigenvalue weighted by Crippen LogP contribution is 2.39. The van der Waals surface area contributed by atoms with Crippen molar-refractivity contribution in [2.24, 2.45) is 0 Å². The van der Waals surface area contributed by atoms with Crippen molar-refractivity contribution < 1.29 is 22.6 Å². The Morgan fingerprint density at radius 1 is 0.909 bits per heavy atom. The lowest BCUT2D eigenvalue weighted by molar-refractivity contribution is 0.0976. The average Bonchev–Trinajstić information content (AvgIpc) is 2.45. The van der Waals surface area contributed by atoms with Gasteiger partial charge in [-0.1, -0.05) is 47.5 Å². The van der Waals surface area contributed by atoms with E-state index in [9.17, 15) is 22.6 Å². The van der Waals surface area contributed by atoms with Gasteiger partial charge in [-0.2, -0.15) is 8.42 Å². The van der Waals surface area contributed by atoms with Crippen LogP contribution in [0.25, 0.3) is 0 Å². The van der Waals surface area contributed by atoms with Crippen molar-refractivity contribution in [3.63, 3.8) is 0 Å². The van der Waals surface area contributed by atoms with Crippen LogP contribution >= 0.6 is 23.2 Å². The molecular weight excluding hydrogens is 351 g/mol. The van der Waals surface area contributed by atoms with Gasteiger partial charge in [0.2, 0.25) is 0 Å². The normalized spacial score (nSPS) is 13.8. The zero-order valence-electron chi connectivity index (χ0n) is 10.6. The molecule has 5 nitrogen and oxygen atoms in total. The molecule has 1 N–H and O–H groups in total. The van der Waals surface area contributed by atoms with Crippen molar-refractivity contribution in [3.05, 3.63) is 62.6 Å². The minimum Gasteiger partial charge on any atom is -0.289 e. The molecule has 0 amide bonds. The van der Waals surface area contributed by atoms with E-state index in [1.54, 1.807) is 12.1 Å². The van der Waals surface area contributed by atoms with Crippen LogP contribution in [0.3, 0.4) is 0 Å². The van der Waals surface area contributed by atoms with Gasteiger partial charge in [0.05, 0.1) is 15.6 Å². The third kappa shape index (κ3) is 2.07. The standard InChI is InChI=1S/C14H6Cl2O5S/c15-9-5-8-10(14(11(9)16)22(19,20)21)13(18)7-4-2-1-3-6(7)12(8)17/h1-5H,(H,19,20,21). The second-order valence-corrected chi connectivity index (χ2v) is 6.75. The van der Waals surface area contributed by atoms with Crippen molar-refractivity contribution in [2.45, 2.75) is 4.90 Å². The lowest BCUT2D eigenvalue weighted by Gasteiger charge is -2.20. The van der Waals surface area contributed by atoms with Gasteiger partial charge in [0.25, 0.3) is 10.1 Å². The molecule has 0 bridgehead atoms. The van der Waals surface area contributed by atoms with Crippen LogP contribution in [0.5, 0.6) is 0 Å². The van der Waals surface area contributed by atoms with Crippen LogP contribution in [-0.2, 0) is 10.1 Å². The van der Waals surface area contributed by atoms with Crippen LogP contribution in [0, 0.1) is 0 Å². The quantitative estimate of drug-likeness (QED) is 0.677. The number of rotatable bonds is 1. The number of fused-ring (bicyclic) bond motifs is 2. The fraction of sp³-hybridized carbons (Fsp3) is 0. The highest BCUT2D eigenvalue weighted by molar-refractivity contribution is 7.86. The Bertz CT molecular complexity index is 963. The number of hydrogen-bond acceptors (Lipinski definition) is 4. The van der Waals surface area contributed by atoms with Crippen molar-refractivity contribution in [1.82, 2.24) is 0 Å². The molecule has 0 fully saturated rings. The molecule has 112 valence electrons. The minimum atomic E-state index is -4.85. The number of benzene rings is 2. The van der Waals surface area contributed by atoms with Crippen LogP contribution in [-0.4, -0.2) is 24.5 Å². The topological polar surface area (TPSA) is 88.5 Å². The zero-order valence-corrected chi connectivity index (χ0v) is 13.0. The molecule has 2 aromatic rings. The highest BCUT2D eigenvalue weighted by Gasteiger charge is 2.37. The van der Waals surface area contributed by atoms with E-state index < -0.39 is 37.2 Å². The smallest absolute Gasteiger partial charge is 0.289 e. The molecule has 0 aliphatic heterocycles. The Hall–Kier alpha value is -1.73. The van der Waals surface area contributed by atoms with Gasteiger partial charge < -0.3 is 0 Å². The van der Waals surface area contributed by atoms with Gasteiger partial charge in [0.1, 0.15) is 4.90 Å². The van der Waals surface area contributed by atoms with E-state index >= 15 is 0 Å². The summed E-state index contributed by atoms with van der Waals surface area (Å²) in [5.41, 5.74) is -0.478. The van der Waals surface area contributed by atoms with Crippen LogP contribution < -0.4 is 0 Å². The predicted octanol–water partition coefficient (Wildman–Crippen LogP) is 3.02. The van der Waals surface area contributed by atoms with Gasteiger partial charge in [0, 0.05) is 16.7 Å². The van der Waals surface area contributed by atoms with E-state index in [1.165, 1.54) is 12.1 Å². The van der Waals surface area contributed by atoms with Crippen LogP contribution in [0.1, 0.15) is 31.8 Å². The summed E-state index contributed by atoms with van der Waals surface area (Å²) in [4.78, 5) is 24.2. The first-order valence-electron chi connectivity index (χ1n) is 5.91. The van der Waals surface area contributed by atoms with Gasteiger partial charge in [-0.15, -0.1) is 0 Å². The van der Waals surface area contributed by atoms with E-state index in [0.29, 0.717) is 0 Å². The molecule has 8 heteroatoms. The average molecular weight is 357 g/mol. The van der Waals surface area contributed by atoms with E-state index in [1.807, 2.05) is 0 Å². The number of carbonyl (C=O) groups excluding carboxylic acids is 2. The Labute approximate surface area is 135 Å². The summed E-state index contributed by atoms with van der Waals surface area (Å²) in [5.74, 6) is -1.27. The molecular formula is C14H6Cl2O5S. The molecule has 1 aliphatic rings. The molecule has 3 rings (SSSR count). The van der Waals surface area contributed by atoms with E-state index in [2.05, 4.69) is 0 Å². The number of carbonyl (C=O) groups is 2. The molecule has 0 unspecified atom stereocenters. The van der Waals surface area contributed by atoms with Crippen LogP contribution in [0.15, 0.2) is 35.2 Å². The first-order chi connectivity index (χ1) is 10.2. The van der Waals surface area contributed by atoms with Gasteiger partial charge >= 0.3 is 0 Å². The molecule has 22 heavy (non-hydrogen) atoms. The molecule has 0 aromatic heterocycles. The lowest BCUT2D eigenvalue weighted by Crippen LogP contribution is -2.24. The molecule has 0 radical (unpaired) electrons. The maximum atomic E-state index is 12.6. The van der Waals surface area contributed by atoms with E-state index in [0.717, 1.165) is 6.07 Å². The summed E-state index contributed by atoms with van der Waals surface area (Å²) in [7, 11) is -4.85. The summed E-state index contributed by atoms with van der Waals surface area (Å²) in [6.45, 7) is 0. The first-order valence-corrected chi connectivity index (χ1v) is 8.11. The summed E-state index contributed by atoms with van der Waals surface area (Å²) >= 11 is 11.6. The fourth-order valence-corrected chi connectivity index (χ4v) is 3.91. The number of halogens is 2. The zero-order chi connectivity index (χ0) is 16.2. The Balaban J connectivity index is 2.49. The first kappa shape index (κ1) is 15.2. The second kappa shape index (κ2) is 4.89. The van der Waals surface area contributed by atoms with Crippen molar-refractivity contribution >= 4 is 44.9 Å². The third-order valence-corrected chi connectivity index (χ3v) is 5.15. The van der Waals surface area contributed by atoms with Gasteiger partial charge in [-0.3, -0.25) is 14.1 Å².